The van der Waals surface area contributed by atoms with E-state index in [0.29, 0.717) is 10.8 Å². The molecule has 5 heteroatoms. The molecule has 0 fully saturated rings. The van der Waals surface area contributed by atoms with Gasteiger partial charge in [0.25, 0.3) is 0 Å². The molecule has 0 saturated heterocycles. The lowest BCUT2D eigenvalue weighted by Gasteiger charge is -2.08. The molecule has 130 valence electrons. The molecule has 2 aromatic heterocycles. The summed E-state index contributed by atoms with van der Waals surface area (Å²) in [5, 5.41) is 29.0. The second kappa shape index (κ2) is 7.48. The Balaban J connectivity index is 2.08. The second-order valence-electron chi connectivity index (χ2n) is 6.22. The molecule has 0 spiro atoms. The number of nitrogens with zero attached hydrogens (tertiary/aromatic N) is 5. The van der Waals surface area contributed by atoms with E-state index in [4.69, 9.17) is 10.5 Å². The predicted molar refractivity (Wildman–Crippen MR) is 102 cm³/mol. The van der Waals surface area contributed by atoms with E-state index in [1.807, 2.05) is 55.2 Å². The molecule has 27 heavy (non-hydrogen) atoms. The highest BCUT2D eigenvalue weighted by Crippen LogP contribution is 2.17. The Bertz CT molecular complexity index is 1210. The zero-order valence-corrected chi connectivity index (χ0v) is 15.1. The number of hydrogen-bond donors (Lipinski definition) is 0. The fourth-order valence-corrected chi connectivity index (χ4v) is 3.08. The molecule has 0 unspecified atom stereocenters. The van der Waals surface area contributed by atoms with Crippen molar-refractivity contribution in [3.63, 3.8) is 0 Å². The van der Waals surface area contributed by atoms with Crippen LogP contribution in [0.3, 0.4) is 0 Å². The highest BCUT2D eigenvalue weighted by atomic mass is 15.0. The van der Waals surface area contributed by atoms with Crippen molar-refractivity contribution in [3.8, 4) is 18.2 Å². The third kappa shape index (κ3) is 3.38. The molecule has 0 amide bonds. The van der Waals surface area contributed by atoms with Gasteiger partial charge in [-0.25, -0.2) is 0 Å². The van der Waals surface area contributed by atoms with Gasteiger partial charge in [0.1, 0.15) is 23.8 Å². The lowest BCUT2D eigenvalue weighted by molar-refractivity contribution is 0.790. The Kier molecular flexibility index (Phi) is 4.93. The fraction of sp³-hybridized carbons (Fsp3) is 0.136. The highest BCUT2D eigenvalue weighted by molar-refractivity contribution is 5.75. The van der Waals surface area contributed by atoms with E-state index in [-0.39, 0.29) is 5.57 Å². The summed E-state index contributed by atoms with van der Waals surface area (Å²) in [5.74, 6) is 0. The van der Waals surface area contributed by atoms with Crippen molar-refractivity contribution in [2.24, 2.45) is 14.1 Å². The summed E-state index contributed by atoms with van der Waals surface area (Å²) in [6, 6.07) is 21.1. The van der Waals surface area contributed by atoms with Crippen LogP contribution in [-0.4, -0.2) is 9.13 Å². The van der Waals surface area contributed by atoms with Crippen LogP contribution in [0.4, 0.5) is 0 Å². The molecule has 0 bridgehead atoms. The molecule has 3 rings (SSSR count). The first kappa shape index (κ1) is 17.8. The molecule has 0 aliphatic rings. The van der Waals surface area contributed by atoms with Gasteiger partial charge < -0.3 is 9.13 Å². The quantitative estimate of drug-likeness (QED) is 0.722. The average Bonchev–Trinajstić information content (AvgIpc) is 3.25. The van der Waals surface area contributed by atoms with Crippen LogP contribution in [0.15, 0.2) is 54.7 Å². The number of nitriles is 3. The molecule has 0 N–H and O–H groups in total. The van der Waals surface area contributed by atoms with Gasteiger partial charge in [0, 0.05) is 43.3 Å². The summed E-state index contributed by atoms with van der Waals surface area (Å²) in [5.41, 5.74) is 3.75. The lowest BCUT2D eigenvalue weighted by atomic mass is 10.1. The van der Waals surface area contributed by atoms with Crippen LogP contribution in [0.1, 0.15) is 17.1 Å². The standard InChI is InChI=1S/C22H17N5/c1-26-11-3-4-19(26)12-20-9-10-22(27(20)2)21(15-25)17-7-5-16(6-8-17)18(13-23)14-24/h3-11H,12H2,1-2H3. The van der Waals surface area contributed by atoms with E-state index in [1.54, 1.807) is 24.3 Å². The Morgan fingerprint density at radius 2 is 1.48 bits per heavy atom. The van der Waals surface area contributed by atoms with Crippen molar-refractivity contribution in [2.45, 2.75) is 6.42 Å². The predicted octanol–water partition coefficient (Wildman–Crippen LogP) is 1.87. The van der Waals surface area contributed by atoms with Gasteiger partial charge in [0.2, 0.25) is 0 Å². The van der Waals surface area contributed by atoms with Gasteiger partial charge in [-0.3, -0.25) is 0 Å². The topological polar surface area (TPSA) is 81.2 Å². The first-order valence-electron chi connectivity index (χ1n) is 8.39. The number of aromatic nitrogens is 2. The molecule has 0 aliphatic heterocycles. The number of rotatable bonds is 3. The van der Waals surface area contributed by atoms with Crippen molar-refractivity contribution < 1.29 is 0 Å². The van der Waals surface area contributed by atoms with Gasteiger partial charge >= 0.3 is 0 Å². The van der Waals surface area contributed by atoms with Crippen LogP contribution >= 0.6 is 0 Å². The molecule has 0 aliphatic carbocycles. The average molecular weight is 351 g/mol. The van der Waals surface area contributed by atoms with E-state index < -0.39 is 0 Å². The van der Waals surface area contributed by atoms with Crippen LogP contribution in [0.5, 0.6) is 0 Å². The zero-order valence-electron chi connectivity index (χ0n) is 15.1. The van der Waals surface area contributed by atoms with Crippen molar-refractivity contribution in [3.05, 3.63) is 82.2 Å². The first-order chi connectivity index (χ1) is 13.1. The fourth-order valence-electron chi connectivity index (χ4n) is 3.08. The van der Waals surface area contributed by atoms with Gasteiger partial charge in [-0.05, 0) is 29.5 Å². The van der Waals surface area contributed by atoms with Crippen molar-refractivity contribution in [1.29, 1.82) is 15.8 Å². The smallest absolute Gasteiger partial charge is 0.136 e. The van der Waals surface area contributed by atoms with Crippen LogP contribution < -0.4 is 10.4 Å². The minimum Gasteiger partial charge on any atom is -0.354 e. The highest BCUT2D eigenvalue weighted by Gasteiger charge is 2.11. The first-order valence-corrected chi connectivity index (χ1v) is 8.39. The maximum absolute atomic E-state index is 9.72. The lowest BCUT2D eigenvalue weighted by Crippen LogP contribution is -2.14. The van der Waals surface area contributed by atoms with Gasteiger partial charge in [0.05, 0.1) is 11.3 Å². The minimum absolute atomic E-state index is 0.0591. The molecule has 2 heterocycles. The van der Waals surface area contributed by atoms with E-state index in [0.717, 1.165) is 23.0 Å². The Morgan fingerprint density at radius 1 is 0.815 bits per heavy atom. The largest absolute Gasteiger partial charge is 0.354 e. The second-order valence-corrected chi connectivity index (χ2v) is 6.22. The number of benzene rings is 1. The molecule has 1 aromatic carbocycles. The maximum atomic E-state index is 9.72. The minimum atomic E-state index is 0.0591. The summed E-state index contributed by atoms with van der Waals surface area (Å²) in [6.45, 7) is 0. The Morgan fingerprint density at radius 3 is 2.04 bits per heavy atom. The van der Waals surface area contributed by atoms with Crippen molar-refractivity contribution >= 4 is 11.1 Å². The third-order valence-electron chi connectivity index (χ3n) is 4.69. The molecule has 0 atom stereocenters. The SMILES string of the molecule is Cn1cccc1Cc1ccc(C(C#N)=c2ccc(=C(C#N)C#N)cc2)n1C. The van der Waals surface area contributed by atoms with Crippen LogP contribution in [0.25, 0.3) is 11.1 Å². The van der Waals surface area contributed by atoms with Crippen molar-refractivity contribution in [1.82, 2.24) is 9.13 Å². The van der Waals surface area contributed by atoms with Crippen molar-refractivity contribution in [2.75, 3.05) is 0 Å². The van der Waals surface area contributed by atoms with Crippen LogP contribution in [-0.2, 0) is 20.5 Å². The zero-order chi connectivity index (χ0) is 19.4. The Labute approximate surface area is 157 Å². The molecule has 0 saturated carbocycles. The number of aryl methyl sites for hydroxylation is 1. The monoisotopic (exact) mass is 351 g/mol. The molecule has 5 nitrogen and oxygen atoms in total. The summed E-state index contributed by atoms with van der Waals surface area (Å²) >= 11 is 0. The van der Waals surface area contributed by atoms with E-state index >= 15 is 0 Å². The molecule has 3 aromatic rings. The van der Waals surface area contributed by atoms with Crippen LogP contribution in [0, 0.1) is 34.0 Å². The molecule has 0 radical (unpaired) electrons. The normalized spacial score (nSPS) is 9.89. The summed E-state index contributed by atoms with van der Waals surface area (Å²) < 4.78 is 4.11. The molecular weight excluding hydrogens is 334 g/mol. The van der Waals surface area contributed by atoms with E-state index in [9.17, 15) is 5.26 Å². The van der Waals surface area contributed by atoms with Gasteiger partial charge in [-0.1, -0.05) is 24.3 Å². The number of hydrogen-bond acceptors (Lipinski definition) is 3. The van der Waals surface area contributed by atoms with Crippen LogP contribution in [0.2, 0.25) is 0 Å². The Hall–Kier alpha value is -4.01. The summed E-state index contributed by atoms with van der Waals surface area (Å²) in [7, 11) is 3.97. The van der Waals surface area contributed by atoms with Gasteiger partial charge in [-0.15, -0.1) is 0 Å². The summed E-state index contributed by atoms with van der Waals surface area (Å²) in [4.78, 5) is 0. The van der Waals surface area contributed by atoms with E-state index in [1.165, 1.54) is 5.69 Å². The van der Waals surface area contributed by atoms with Gasteiger partial charge in [0.15, 0.2) is 0 Å². The van der Waals surface area contributed by atoms with Gasteiger partial charge in [-0.2, -0.15) is 15.8 Å². The molecular formula is C22H17N5. The third-order valence-corrected chi connectivity index (χ3v) is 4.69. The van der Waals surface area contributed by atoms with E-state index in [2.05, 4.69) is 16.7 Å². The maximum Gasteiger partial charge on any atom is 0.136 e. The summed E-state index contributed by atoms with van der Waals surface area (Å²) in [6.07, 6.45) is 2.79.